The third-order valence-electron chi connectivity index (χ3n) is 4.09. The highest BCUT2D eigenvalue weighted by atomic mass is 19.1. The van der Waals surface area contributed by atoms with Gasteiger partial charge < -0.3 is 15.0 Å². The molecule has 1 aliphatic heterocycles. The van der Waals surface area contributed by atoms with Gasteiger partial charge in [-0.3, -0.25) is 4.79 Å². The lowest BCUT2D eigenvalue weighted by molar-refractivity contribution is 0.102. The molecule has 1 saturated heterocycles. The van der Waals surface area contributed by atoms with E-state index in [9.17, 15) is 9.18 Å². The van der Waals surface area contributed by atoms with E-state index in [0.29, 0.717) is 5.69 Å². The lowest BCUT2D eigenvalue weighted by Gasteiger charge is -2.18. The number of hydrogen-bond donors (Lipinski definition) is 1. The maximum absolute atomic E-state index is 13.6. The number of carbonyl (C=O) groups excluding carboxylic acids is 1. The van der Waals surface area contributed by atoms with Crippen LogP contribution in [0.15, 0.2) is 48.5 Å². The van der Waals surface area contributed by atoms with Gasteiger partial charge in [0.15, 0.2) is 0 Å². The highest BCUT2D eigenvalue weighted by molar-refractivity contribution is 6.04. The first-order chi connectivity index (χ1) is 11.2. The normalized spacial score (nSPS) is 17.3. The molecule has 0 aromatic heterocycles. The molecule has 1 N–H and O–H groups in total. The van der Waals surface area contributed by atoms with Crippen LogP contribution in [-0.4, -0.2) is 32.2 Å². The number of nitrogens with zero attached hydrogens (tertiary/aromatic N) is 1. The smallest absolute Gasteiger partial charge is 0.258 e. The molecular weight excluding hydrogens is 295 g/mol. The summed E-state index contributed by atoms with van der Waals surface area (Å²) in [5.41, 5.74) is 1.77. The van der Waals surface area contributed by atoms with Gasteiger partial charge in [0, 0.05) is 31.6 Å². The first-order valence-electron chi connectivity index (χ1n) is 7.61. The Bertz CT molecular complexity index is 688. The van der Waals surface area contributed by atoms with Gasteiger partial charge in [0.05, 0.1) is 11.7 Å². The summed E-state index contributed by atoms with van der Waals surface area (Å²) in [7, 11) is 1.73. The number of halogens is 1. The third-order valence-corrected chi connectivity index (χ3v) is 4.09. The van der Waals surface area contributed by atoms with E-state index in [4.69, 9.17) is 4.74 Å². The van der Waals surface area contributed by atoms with Crippen LogP contribution in [-0.2, 0) is 4.74 Å². The fraction of sp³-hybridized carbons (Fsp3) is 0.278. The third kappa shape index (κ3) is 3.51. The number of hydrogen-bond acceptors (Lipinski definition) is 3. The molecule has 1 fully saturated rings. The van der Waals surface area contributed by atoms with Gasteiger partial charge in [0.1, 0.15) is 5.82 Å². The van der Waals surface area contributed by atoms with E-state index in [0.717, 1.165) is 25.2 Å². The molecular formula is C18H19FN2O2. The van der Waals surface area contributed by atoms with Crippen LogP contribution in [0.4, 0.5) is 15.8 Å². The van der Waals surface area contributed by atoms with Crippen LogP contribution < -0.4 is 10.2 Å². The molecule has 0 unspecified atom stereocenters. The molecule has 1 atom stereocenters. The molecule has 0 radical (unpaired) electrons. The Morgan fingerprint density at radius 3 is 2.61 bits per heavy atom. The molecule has 0 spiro atoms. The van der Waals surface area contributed by atoms with Crippen molar-refractivity contribution >= 4 is 17.3 Å². The lowest BCUT2D eigenvalue weighted by Crippen LogP contribution is -2.22. The van der Waals surface area contributed by atoms with Crippen LogP contribution in [0.5, 0.6) is 0 Å². The van der Waals surface area contributed by atoms with Crippen molar-refractivity contribution in [2.45, 2.75) is 12.5 Å². The molecule has 2 aromatic rings. The van der Waals surface area contributed by atoms with Gasteiger partial charge in [0.2, 0.25) is 0 Å². The Morgan fingerprint density at radius 1 is 1.22 bits per heavy atom. The first kappa shape index (κ1) is 15.5. The molecule has 1 aliphatic rings. The van der Waals surface area contributed by atoms with Gasteiger partial charge in [-0.2, -0.15) is 0 Å². The zero-order valence-electron chi connectivity index (χ0n) is 13.0. The van der Waals surface area contributed by atoms with Crippen molar-refractivity contribution in [2.24, 2.45) is 0 Å². The Kier molecular flexibility index (Phi) is 4.57. The topological polar surface area (TPSA) is 41.6 Å². The molecule has 0 aliphatic carbocycles. The van der Waals surface area contributed by atoms with Gasteiger partial charge in [-0.1, -0.05) is 12.1 Å². The number of carbonyl (C=O) groups is 1. The van der Waals surface area contributed by atoms with Crippen molar-refractivity contribution in [3.05, 3.63) is 59.9 Å². The Balaban J connectivity index is 1.66. The SMILES string of the molecule is CO[C@H]1CCN(c2ccc(NC(=O)c3ccccc3F)cc2)C1. The summed E-state index contributed by atoms with van der Waals surface area (Å²) in [6.07, 6.45) is 1.29. The maximum atomic E-state index is 13.6. The van der Waals surface area contributed by atoms with Crippen LogP contribution >= 0.6 is 0 Å². The summed E-state index contributed by atoms with van der Waals surface area (Å²) in [5.74, 6) is -0.972. The van der Waals surface area contributed by atoms with E-state index in [1.165, 1.54) is 12.1 Å². The van der Waals surface area contributed by atoms with Gasteiger partial charge in [-0.05, 0) is 42.8 Å². The second-order valence-corrected chi connectivity index (χ2v) is 5.57. The lowest BCUT2D eigenvalue weighted by atomic mass is 10.2. The first-order valence-corrected chi connectivity index (χ1v) is 7.61. The predicted octanol–water partition coefficient (Wildman–Crippen LogP) is 3.30. The fourth-order valence-electron chi connectivity index (χ4n) is 2.75. The Morgan fingerprint density at radius 2 is 1.96 bits per heavy atom. The molecule has 0 bridgehead atoms. The van der Waals surface area contributed by atoms with E-state index < -0.39 is 11.7 Å². The minimum atomic E-state index is -0.524. The number of amides is 1. The van der Waals surface area contributed by atoms with E-state index in [1.54, 1.807) is 19.2 Å². The molecule has 3 rings (SSSR count). The number of nitrogens with one attached hydrogen (secondary N) is 1. The van der Waals surface area contributed by atoms with Crippen LogP contribution in [0.2, 0.25) is 0 Å². The number of rotatable bonds is 4. The van der Waals surface area contributed by atoms with Crippen LogP contribution in [0.1, 0.15) is 16.8 Å². The van der Waals surface area contributed by atoms with Crippen molar-refractivity contribution in [1.82, 2.24) is 0 Å². The molecule has 120 valence electrons. The van der Waals surface area contributed by atoms with E-state index in [-0.39, 0.29) is 11.7 Å². The largest absolute Gasteiger partial charge is 0.380 e. The number of methoxy groups -OCH3 is 1. The summed E-state index contributed by atoms with van der Waals surface area (Å²) < 4.78 is 19.0. The molecule has 1 heterocycles. The molecule has 4 nitrogen and oxygen atoms in total. The van der Waals surface area contributed by atoms with Crippen molar-refractivity contribution in [3.63, 3.8) is 0 Å². The maximum Gasteiger partial charge on any atom is 0.258 e. The summed E-state index contributed by atoms with van der Waals surface area (Å²) in [4.78, 5) is 14.3. The number of benzene rings is 2. The van der Waals surface area contributed by atoms with Crippen LogP contribution in [0, 0.1) is 5.82 Å². The monoisotopic (exact) mass is 314 g/mol. The summed E-state index contributed by atoms with van der Waals surface area (Å²) in [6, 6.07) is 13.5. The average Bonchev–Trinajstić information content (AvgIpc) is 3.05. The van der Waals surface area contributed by atoms with Gasteiger partial charge in [-0.15, -0.1) is 0 Å². The van der Waals surface area contributed by atoms with E-state index in [2.05, 4.69) is 10.2 Å². The predicted molar refractivity (Wildman–Crippen MR) is 88.4 cm³/mol. The fourth-order valence-corrected chi connectivity index (χ4v) is 2.75. The standard InChI is InChI=1S/C18H19FN2O2/c1-23-15-10-11-21(12-15)14-8-6-13(7-9-14)20-18(22)16-4-2-3-5-17(16)19/h2-9,15H,10-12H2,1H3,(H,20,22)/t15-/m0/s1. The van der Waals surface area contributed by atoms with Crippen molar-refractivity contribution in [2.75, 3.05) is 30.4 Å². The second-order valence-electron chi connectivity index (χ2n) is 5.57. The zero-order chi connectivity index (χ0) is 16.2. The highest BCUT2D eigenvalue weighted by Crippen LogP contribution is 2.23. The minimum Gasteiger partial charge on any atom is -0.380 e. The molecule has 0 saturated carbocycles. The highest BCUT2D eigenvalue weighted by Gasteiger charge is 2.22. The van der Waals surface area contributed by atoms with E-state index >= 15 is 0 Å². The number of ether oxygens (including phenoxy) is 1. The van der Waals surface area contributed by atoms with Crippen molar-refractivity contribution in [3.8, 4) is 0 Å². The second kappa shape index (κ2) is 6.79. The summed E-state index contributed by atoms with van der Waals surface area (Å²) in [5, 5.41) is 2.71. The molecule has 5 heteroatoms. The van der Waals surface area contributed by atoms with Crippen molar-refractivity contribution < 1.29 is 13.9 Å². The Labute approximate surface area is 134 Å². The summed E-state index contributed by atoms with van der Waals surface area (Å²) >= 11 is 0. The summed E-state index contributed by atoms with van der Waals surface area (Å²) in [6.45, 7) is 1.83. The van der Waals surface area contributed by atoms with Gasteiger partial charge >= 0.3 is 0 Å². The number of anilines is 2. The molecule has 1 amide bonds. The van der Waals surface area contributed by atoms with Gasteiger partial charge in [0.25, 0.3) is 5.91 Å². The van der Waals surface area contributed by atoms with E-state index in [1.807, 2.05) is 24.3 Å². The quantitative estimate of drug-likeness (QED) is 0.941. The van der Waals surface area contributed by atoms with Crippen molar-refractivity contribution in [1.29, 1.82) is 0 Å². The van der Waals surface area contributed by atoms with Gasteiger partial charge in [-0.25, -0.2) is 4.39 Å². The molecule has 2 aromatic carbocycles. The van der Waals surface area contributed by atoms with Crippen LogP contribution in [0.3, 0.4) is 0 Å². The minimum absolute atomic E-state index is 0.0408. The van der Waals surface area contributed by atoms with Crippen LogP contribution in [0.25, 0.3) is 0 Å². The Hall–Kier alpha value is -2.40. The molecule has 23 heavy (non-hydrogen) atoms. The zero-order valence-corrected chi connectivity index (χ0v) is 13.0. The average molecular weight is 314 g/mol.